The van der Waals surface area contributed by atoms with Gasteiger partial charge in [-0.15, -0.1) is 0 Å². The van der Waals surface area contributed by atoms with Crippen molar-refractivity contribution in [2.45, 2.75) is 52.4 Å². The molecule has 0 aromatic heterocycles. The van der Waals surface area contributed by atoms with E-state index in [1.807, 2.05) is 25.1 Å². The largest absolute Gasteiger partial charge is 0.332 e. The molecule has 0 atom stereocenters. The monoisotopic (exact) mass is 335 g/mol. The number of amides is 2. The van der Waals surface area contributed by atoms with Gasteiger partial charge in [0.25, 0.3) is 0 Å². The zero-order valence-electron chi connectivity index (χ0n) is 13.8. The first kappa shape index (κ1) is 19.1. The van der Waals surface area contributed by atoms with Crippen molar-refractivity contribution in [1.82, 2.24) is 5.32 Å². The molecule has 2 amide bonds. The van der Waals surface area contributed by atoms with Crippen LogP contribution >= 0.6 is 12.2 Å². The van der Waals surface area contributed by atoms with Gasteiger partial charge >= 0.3 is 0 Å². The van der Waals surface area contributed by atoms with Gasteiger partial charge in [-0.1, -0.05) is 32.8 Å². The Morgan fingerprint density at radius 3 is 2.30 bits per heavy atom. The molecule has 3 N–H and O–H groups in total. The van der Waals surface area contributed by atoms with E-state index >= 15 is 0 Å². The van der Waals surface area contributed by atoms with Crippen LogP contribution < -0.4 is 16.0 Å². The number of carbonyl (C=O) groups is 2. The summed E-state index contributed by atoms with van der Waals surface area (Å²) in [6, 6.07) is 7.23. The number of hydrogen-bond acceptors (Lipinski definition) is 3. The fraction of sp³-hybridized carbons (Fsp3) is 0.471. The highest BCUT2D eigenvalue weighted by molar-refractivity contribution is 7.80. The quantitative estimate of drug-likeness (QED) is 0.499. The lowest BCUT2D eigenvalue weighted by atomic mass is 10.2. The summed E-state index contributed by atoms with van der Waals surface area (Å²) in [5.74, 6) is -0.0974. The molecule has 0 fully saturated rings. The molecule has 5 nitrogen and oxygen atoms in total. The Hall–Kier alpha value is -1.95. The van der Waals surface area contributed by atoms with Crippen LogP contribution in [-0.2, 0) is 9.59 Å². The molecule has 0 aliphatic carbocycles. The molecule has 0 saturated carbocycles. The van der Waals surface area contributed by atoms with Crippen LogP contribution in [0.4, 0.5) is 11.4 Å². The van der Waals surface area contributed by atoms with Crippen LogP contribution in [-0.4, -0.2) is 16.9 Å². The van der Waals surface area contributed by atoms with Crippen LogP contribution in [0.15, 0.2) is 24.3 Å². The Morgan fingerprint density at radius 1 is 0.957 bits per heavy atom. The van der Waals surface area contributed by atoms with Crippen molar-refractivity contribution in [2.75, 3.05) is 10.6 Å². The van der Waals surface area contributed by atoms with Crippen LogP contribution in [0.5, 0.6) is 0 Å². The average Bonchev–Trinajstić information content (AvgIpc) is 2.47. The molecule has 0 aliphatic heterocycles. The highest BCUT2D eigenvalue weighted by Crippen LogP contribution is 2.15. The molecule has 126 valence electrons. The Bertz CT molecular complexity index is 546. The second-order valence-corrected chi connectivity index (χ2v) is 5.75. The van der Waals surface area contributed by atoms with E-state index in [4.69, 9.17) is 12.2 Å². The van der Waals surface area contributed by atoms with Gasteiger partial charge in [0.05, 0.1) is 0 Å². The number of benzene rings is 1. The number of unbranched alkanes of at least 4 members (excludes halogenated alkanes) is 2. The Balaban J connectivity index is 2.48. The van der Waals surface area contributed by atoms with Gasteiger partial charge in [-0.25, -0.2) is 0 Å². The van der Waals surface area contributed by atoms with Crippen molar-refractivity contribution >= 4 is 40.5 Å². The van der Waals surface area contributed by atoms with Gasteiger partial charge in [-0.3, -0.25) is 9.59 Å². The molecule has 6 heteroatoms. The fourth-order valence-corrected chi connectivity index (χ4v) is 2.24. The van der Waals surface area contributed by atoms with Gasteiger partial charge in [0.2, 0.25) is 11.8 Å². The van der Waals surface area contributed by atoms with Crippen LogP contribution in [0.1, 0.15) is 52.4 Å². The molecule has 0 radical (unpaired) electrons. The summed E-state index contributed by atoms with van der Waals surface area (Å²) in [5, 5.41) is 8.71. The van der Waals surface area contributed by atoms with Crippen molar-refractivity contribution in [1.29, 1.82) is 0 Å². The van der Waals surface area contributed by atoms with Crippen LogP contribution in [0.2, 0.25) is 0 Å². The van der Waals surface area contributed by atoms with Crippen molar-refractivity contribution in [3.8, 4) is 0 Å². The van der Waals surface area contributed by atoms with Gasteiger partial charge in [-0.05, 0) is 43.3 Å². The van der Waals surface area contributed by atoms with E-state index in [1.165, 1.54) is 0 Å². The lowest BCUT2D eigenvalue weighted by molar-refractivity contribution is -0.119. The first-order chi connectivity index (χ1) is 11.0. The maximum absolute atomic E-state index is 11.7. The van der Waals surface area contributed by atoms with E-state index in [1.54, 1.807) is 6.07 Å². The molecule has 1 rings (SSSR count). The maximum atomic E-state index is 11.7. The average molecular weight is 335 g/mol. The second kappa shape index (κ2) is 10.7. The third-order valence-electron chi connectivity index (χ3n) is 3.14. The molecule has 0 unspecified atom stereocenters. The van der Waals surface area contributed by atoms with E-state index < -0.39 is 0 Å². The normalized spacial score (nSPS) is 10.0. The molecule has 1 aromatic carbocycles. The SMILES string of the molecule is CCCCCC(=O)NC(=S)Nc1cccc(NC(=O)CCC)c1. The number of hydrogen-bond donors (Lipinski definition) is 3. The zero-order chi connectivity index (χ0) is 17.1. The molecule has 0 aliphatic rings. The summed E-state index contributed by atoms with van der Waals surface area (Å²) in [6.07, 6.45) is 4.74. The van der Waals surface area contributed by atoms with Gasteiger partial charge < -0.3 is 16.0 Å². The standard InChI is InChI=1S/C17H25N3O2S/c1-3-5-6-11-16(22)20-17(23)19-14-10-7-9-13(12-14)18-15(21)8-4-2/h7,9-10,12H,3-6,8,11H2,1-2H3,(H,18,21)(H2,19,20,22,23). The van der Waals surface area contributed by atoms with Crippen molar-refractivity contribution in [3.63, 3.8) is 0 Å². The molecule has 1 aromatic rings. The minimum atomic E-state index is -0.0802. The molecule has 0 saturated heterocycles. The molecule has 0 spiro atoms. The lowest BCUT2D eigenvalue weighted by Gasteiger charge is -2.11. The molecule has 0 bridgehead atoms. The highest BCUT2D eigenvalue weighted by Gasteiger charge is 2.06. The molecular formula is C17H25N3O2S. The van der Waals surface area contributed by atoms with Crippen LogP contribution in [0, 0.1) is 0 Å². The smallest absolute Gasteiger partial charge is 0.226 e. The topological polar surface area (TPSA) is 70.2 Å². The highest BCUT2D eigenvalue weighted by atomic mass is 32.1. The molecular weight excluding hydrogens is 310 g/mol. The fourth-order valence-electron chi connectivity index (χ4n) is 2.01. The molecule has 0 heterocycles. The van der Waals surface area contributed by atoms with E-state index in [0.717, 1.165) is 31.4 Å². The number of nitrogens with one attached hydrogen (secondary N) is 3. The van der Waals surface area contributed by atoms with E-state index in [-0.39, 0.29) is 16.9 Å². The predicted octanol–water partition coefficient (Wildman–Crippen LogP) is 3.82. The predicted molar refractivity (Wildman–Crippen MR) is 98.5 cm³/mol. The first-order valence-corrected chi connectivity index (χ1v) is 8.46. The number of thiocarbonyl (C=S) groups is 1. The van der Waals surface area contributed by atoms with Gasteiger partial charge in [0.15, 0.2) is 5.11 Å². The van der Waals surface area contributed by atoms with Gasteiger partial charge in [0, 0.05) is 24.2 Å². The summed E-state index contributed by atoms with van der Waals surface area (Å²) in [6.45, 7) is 4.05. The summed E-state index contributed by atoms with van der Waals surface area (Å²) < 4.78 is 0. The second-order valence-electron chi connectivity index (χ2n) is 5.34. The van der Waals surface area contributed by atoms with Crippen molar-refractivity contribution in [3.05, 3.63) is 24.3 Å². The number of rotatable bonds is 8. The van der Waals surface area contributed by atoms with Crippen LogP contribution in [0.3, 0.4) is 0 Å². The third-order valence-corrected chi connectivity index (χ3v) is 3.35. The number of carbonyl (C=O) groups excluding carboxylic acids is 2. The van der Waals surface area contributed by atoms with E-state index in [2.05, 4.69) is 22.9 Å². The summed E-state index contributed by atoms with van der Waals surface area (Å²) >= 11 is 5.13. The van der Waals surface area contributed by atoms with Crippen LogP contribution in [0.25, 0.3) is 0 Å². The van der Waals surface area contributed by atoms with Crippen molar-refractivity contribution in [2.24, 2.45) is 0 Å². The van der Waals surface area contributed by atoms with Gasteiger partial charge in [0.1, 0.15) is 0 Å². The first-order valence-electron chi connectivity index (χ1n) is 8.06. The maximum Gasteiger partial charge on any atom is 0.226 e. The minimum absolute atomic E-state index is 0.0172. The van der Waals surface area contributed by atoms with E-state index in [0.29, 0.717) is 18.5 Å². The van der Waals surface area contributed by atoms with Crippen molar-refractivity contribution < 1.29 is 9.59 Å². The van der Waals surface area contributed by atoms with E-state index in [9.17, 15) is 9.59 Å². The summed E-state index contributed by atoms with van der Waals surface area (Å²) in [5.41, 5.74) is 1.42. The Labute approximate surface area is 143 Å². The zero-order valence-corrected chi connectivity index (χ0v) is 14.6. The summed E-state index contributed by atoms with van der Waals surface area (Å²) in [7, 11) is 0. The lowest BCUT2D eigenvalue weighted by Crippen LogP contribution is -2.33. The summed E-state index contributed by atoms with van der Waals surface area (Å²) in [4.78, 5) is 23.3. The third kappa shape index (κ3) is 8.30. The molecule has 23 heavy (non-hydrogen) atoms. The Kier molecular flexibility index (Phi) is 8.90. The number of anilines is 2. The minimum Gasteiger partial charge on any atom is -0.332 e. The van der Waals surface area contributed by atoms with Gasteiger partial charge in [-0.2, -0.15) is 0 Å². The Morgan fingerprint density at radius 2 is 1.65 bits per heavy atom.